The SMILES string of the molecule is CC(C)(C)OC(=O)NCc1coc2cc(OC3=Nc4ccccc4C3)ccc12. The van der Waals surface area contributed by atoms with E-state index in [0.717, 1.165) is 22.2 Å². The number of nitrogens with one attached hydrogen (secondary N) is 1. The van der Waals surface area contributed by atoms with Crippen molar-refractivity contribution < 1.29 is 18.7 Å². The van der Waals surface area contributed by atoms with E-state index in [1.807, 2.05) is 57.2 Å². The molecule has 6 heteroatoms. The van der Waals surface area contributed by atoms with Crippen molar-refractivity contribution in [2.75, 3.05) is 0 Å². The molecule has 4 rings (SSSR count). The van der Waals surface area contributed by atoms with E-state index in [0.29, 0.717) is 30.2 Å². The molecule has 1 aliphatic rings. The standard InChI is InChI=1S/C22H22N2O4/c1-22(2,3)28-21(25)23-12-15-13-26-19-11-16(8-9-17(15)19)27-20-10-14-6-4-5-7-18(14)24-20/h4-9,11,13H,10,12H2,1-3H3,(H,23,25). The molecule has 6 nitrogen and oxygen atoms in total. The number of benzene rings is 2. The number of amides is 1. The maximum Gasteiger partial charge on any atom is 0.407 e. The summed E-state index contributed by atoms with van der Waals surface area (Å²) in [5, 5.41) is 3.66. The molecule has 0 saturated carbocycles. The van der Waals surface area contributed by atoms with E-state index in [1.165, 1.54) is 0 Å². The van der Waals surface area contributed by atoms with Crippen LogP contribution in [0.5, 0.6) is 5.75 Å². The Morgan fingerprint density at radius 2 is 2.04 bits per heavy atom. The monoisotopic (exact) mass is 378 g/mol. The van der Waals surface area contributed by atoms with E-state index in [4.69, 9.17) is 13.9 Å². The molecule has 0 saturated heterocycles. The number of ether oxygens (including phenoxy) is 2. The van der Waals surface area contributed by atoms with Crippen LogP contribution in [0.4, 0.5) is 10.5 Å². The van der Waals surface area contributed by atoms with Crippen molar-refractivity contribution in [2.24, 2.45) is 4.99 Å². The molecule has 0 radical (unpaired) electrons. The van der Waals surface area contributed by atoms with Crippen LogP contribution >= 0.6 is 0 Å². The summed E-state index contributed by atoms with van der Waals surface area (Å²) in [5.74, 6) is 1.33. The molecule has 0 unspecified atom stereocenters. The summed E-state index contributed by atoms with van der Waals surface area (Å²) < 4.78 is 16.8. The number of aliphatic imine (C=N–C) groups is 1. The van der Waals surface area contributed by atoms with Crippen molar-refractivity contribution in [2.45, 2.75) is 39.3 Å². The molecule has 0 bridgehead atoms. The van der Waals surface area contributed by atoms with Crippen LogP contribution in [0.15, 0.2) is 58.1 Å². The number of para-hydroxylation sites is 1. The van der Waals surface area contributed by atoms with Crippen molar-refractivity contribution in [1.82, 2.24) is 5.32 Å². The summed E-state index contributed by atoms with van der Waals surface area (Å²) in [6.07, 6.45) is 1.85. The lowest BCUT2D eigenvalue weighted by atomic mass is 10.1. The van der Waals surface area contributed by atoms with Gasteiger partial charge in [0.05, 0.1) is 18.4 Å². The van der Waals surface area contributed by atoms with Gasteiger partial charge in [-0.3, -0.25) is 0 Å². The van der Waals surface area contributed by atoms with E-state index in [-0.39, 0.29) is 0 Å². The average Bonchev–Trinajstić information content (AvgIpc) is 3.21. The third-order valence-corrected chi connectivity index (χ3v) is 4.26. The zero-order valence-electron chi connectivity index (χ0n) is 16.1. The molecule has 28 heavy (non-hydrogen) atoms. The molecule has 3 aromatic rings. The first-order valence-electron chi connectivity index (χ1n) is 9.18. The second kappa shape index (κ2) is 7.03. The largest absolute Gasteiger partial charge is 0.464 e. The van der Waals surface area contributed by atoms with Crippen LogP contribution in [-0.4, -0.2) is 17.6 Å². The quantitative estimate of drug-likeness (QED) is 0.686. The van der Waals surface area contributed by atoms with Crippen molar-refractivity contribution in [3.05, 3.63) is 59.9 Å². The van der Waals surface area contributed by atoms with E-state index in [9.17, 15) is 4.79 Å². The summed E-state index contributed by atoms with van der Waals surface area (Å²) >= 11 is 0. The fraction of sp³-hybridized carbons (Fsp3) is 0.273. The second-order valence-electron chi connectivity index (χ2n) is 7.69. The third-order valence-electron chi connectivity index (χ3n) is 4.26. The van der Waals surface area contributed by atoms with E-state index in [2.05, 4.69) is 16.4 Å². The van der Waals surface area contributed by atoms with Gasteiger partial charge < -0.3 is 19.2 Å². The number of furan rings is 1. The van der Waals surface area contributed by atoms with Gasteiger partial charge in [0.2, 0.25) is 0 Å². The maximum absolute atomic E-state index is 11.8. The Morgan fingerprint density at radius 1 is 1.21 bits per heavy atom. The highest BCUT2D eigenvalue weighted by Gasteiger charge is 2.18. The van der Waals surface area contributed by atoms with Crippen LogP contribution in [-0.2, 0) is 17.7 Å². The number of hydrogen-bond donors (Lipinski definition) is 1. The number of carbonyl (C=O) groups excluding carboxylic acids is 1. The van der Waals surface area contributed by atoms with Gasteiger partial charge in [0.15, 0.2) is 5.90 Å². The molecule has 1 aromatic heterocycles. The van der Waals surface area contributed by atoms with E-state index >= 15 is 0 Å². The Kier molecular flexibility index (Phi) is 4.55. The number of hydrogen-bond acceptors (Lipinski definition) is 5. The highest BCUT2D eigenvalue weighted by atomic mass is 16.6. The van der Waals surface area contributed by atoms with Crippen molar-refractivity contribution in [3.8, 4) is 5.75 Å². The van der Waals surface area contributed by atoms with Crippen LogP contribution in [0.25, 0.3) is 11.0 Å². The van der Waals surface area contributed by atoms with Gasteiger partial charge in [-0.2, -0.15) is 0 Å². The van der Waals surface area contributed by atoms with Crippen LogP contribution in [0.3, 0.4) is 0 Å². The highest BCUT2D eigenvalue weighted by molar-refractivity contribution is 5.90. The fourth-order valence-corrected chi connectivity index (χ4v) is 3.05. The molecular weight excluding hydrogens is 356 g/mol. The minimum Gasteiger partial charge on any atom is -0.464 e. The van der Waals surface area contributed by atoms with Gasteiger partial charge >= 0.3 is 6.09 Å². The van der Waals surface area contributed by atoms with E-state index < -0.39 is 11.7 Å². The minimum atomic E-state index is -0.530. The predicted molar refractivity (Wildman–Crippen MR) is 107 cm³/mol. The third kappa shape index (κ3) is 4.01. The van der Waals surface area contributed by atoms with Crippen LogP contribution in [0.2, 0.25) is 0 Å². The zero-order chi connectivity index (χ0) is 19.7. The Bertz CT molecular complexity index is 1060. The maximum atomic E-state index is 11.8. The Morgan fingerprint density at radius 3 is 2.82 bits per heavy atom. The predicted octanol–water partition coefficient (Wildman–Crippen LogP) is 5.12. The number of fused-ring (bicyclic) bond motifs is 2. The van der Waals surface area contributed by atoms with Gasteiger partial charge in [-0.05, 0) is 44.5 Å². The first kappa shape index (κ1) is 18.1. The summed E-state index contributed by atoms with van der Waals surface area (Å²) in [7, 11) is 0. The number of alkyl carbamates (subject to hydrolysis) is 1. The minimum absolute atomic E-state index is 0.324. The molecule has 1 amide bonds. The zero-order valence-corrected chi connectivity index (χ0v) is 16.1. The van der Waals surface area contributed by atoms with Gasteiger partial charge in [0.1, 0.15) is 16.9 Å². The number of rotatable bonds is 3. The molecule has 2 aromatic carbocycles. The molecule has 144 valence electrons. The fourth-order valence-electron chi connectivity index (χ4n) is 3.05. The molecule has 1 aliphatic heterocycles. The van der Waals surface area contributed by atoms with Gasteiger partial charge in [0.25, 0.3) is 0 Å². The van der Waals surface area contributed by atoms with Crippen molar-refractivity contribution >= 4 is 28.6 Å². The van der Waals surface area contributed by atoms with Crippen LogP contribution in [0.1, 0.15) is 31.9 Å². The van der Waals surface area contributed by atoms with Crippen LogP contribution in [0, 0.1) is 0 Å². The Labute approximate surface area is 163 Å². The van der Waals surface area contributed by atoms with Gasteiger partial charge in [0, 0.05) is 23.6 Å². The lowest BCUT2D eigenvalue weighted by Gasteiger charge is -2.19. The average molecular weight is 378 g/mol. The highest BCUT2D eigenvalue weighted by Crippen LogP contribution is 2.29. The number of nitrogens with zero attached hydrogens (tertiary/aromatic N) is 1. The lowest BCUT2D eigenvalue weighted by molar-refractivity contribution is 0.0523. The molecule has 0 atom stereocenters. The van der Waals surface area contributed by atoms with Crippen molar-refractivity contribution in [3.63, 3.8) is 0 Å². The molecule has 0 fully saturated rings. The van der Waals surface area contributed by atoms with Crippen molar-refractivity contribution in [1.29, 1.82) is 0 Å². The normalized spacial score (nSPS) is 13.2. The molecule has 0 spiro atoms. The Hall–Kier alpha value is -3.28. The molecule has 2 heterocycles. The summed E-state index contributed by atoms with van der Waals surface area (Å²) in [6.45, 7) is 5.81. The number of carbonyl (C=O) groups is 1. The smallest absolute Gasteiger partial charge is 0.407 e. The molecule has 0 aliphatic carbocycles. The summed E-state index contributed by atoms with van der Waals surface area (Å²) in [6, 6.07) is 13.6. The summed E-state index contributed by atoms with van der Waals surface area (Å²) in [5.41, 5.74) is 3.14. The molecular formula is C22H22N2O4. The van der Waals surface area contributed by atoms with Gasteiger partial charge in [-0.25, -0.2) is 9.79 Å². The Balaban J connectivity index is 1.43. The van der Waals surface area contributed by atoms with Crippen LogP contribution < -0.4 is 10.1 Å². The topological polar surface area (TPSA) is 73.1 Å². The molecule has 1 N–H and O–H groups in total. The lowest BCUT2D eigenvalue weighted by Crippen LogP contribution is -2.32. The first-order valence-corrected chi connectivity index (χ1v) is 9.18. The summed E-state index contributed by atoms with van der Waals surface area (Å²) in [4.78, 5) is 16.3. The van der Waals surface area contributed by atoms with E-state index in [1.54, 1.807) is 6.26 Å². The van der Waals surface area contributed by atoms with Gasteiger partial charge in [-0.15, -0.1) is 0 Å². The first-order chi connectivity index (χ1) is 13.4. The second-order valence-corrected chi connectivity index (χ2v) is 7.69. The van der Waals surface area contributed by atoms with Gasteiger partial charge in [-0.1, -0.05) is 18.2 Å².